The van der Waals surface area contributed by atoms with Crippen molar-refractivity contribution in [3.63, 3.8) is 0 Å². The van der Waals surface area contributed by atoms with Crippen molar-refractivity contribution >= 4 is 29.2 Å². The Bertz CT molecular complexity index is 910. The summed E-state index contributed by atoms with van der Waals surface area (Å²) >= 11 is 5.79. The number of rotatable bonds is 6. The number of anilines is 1. The van der Waals surface area contributed by atoms with Crippen molar-refractivity contribution in [3.8, 4) is 5.69 Å². The first-order chi connectivity index (χ1) is 12.7. The van der Waals surface area contributed by atoms with Crippen molar-refractivity contribution in [1.29, 1.82) is 0 Å². The number of hydrogen-bond donors (Lipinski definition) is 1. The number of esters is 1. The summed E-state index contributed by atoms with van der Waals surface area (Å²) < 4.78 is 19.0. The molecule has 0 atom stereocenters. The van der Waals surface area contributed by atoms with Crippen LogP contribution in [-0.4, -0.2) is 34.1 Å². The van der Waals surface area contributed by atoms with Crippen molar-refractivity contribution in [2.45, 2.75) is 20.8 Å². The van der Waals surface area contributed by atoms with Gasteiger partial charge in [-0.2, -0.15) is 9.78 Å². The summed E-state index contributed by atoms with van der Waals surface area (Å²) in [7, 11) is 0. The molecule has 1 aromatic carbocycles. The molecule has 144 valence electrons. The molecule has 0 fully saturated rings. The quantitative estimate of drug-likeness (QED) is 0.600. The van der Waals surface area contributed by atoms with Crippen molar-refractivity contribution in [2.24, 2.45) is 5.41 Å². The molecule has 1 aromatic heterocycles. The van der Waals surface area contributed by atoms with E-state index in [9.17, 15) is 18.8 Å². The molecule has 0 saturated heterocycles. The fourth-order valence-electron chi connectivity index (χ4n) is 2.02. The first-order valence-electron chi connectivity index (χ1n) is 8.14. The first-order valence-corrected chi connectivity index (χ1v) is 8.68. The highest BCUT2D eigenvalue weighted by molar-refractivity contribution is 6.20. The van der Waals surface area contributed by atoms with E-state index in [0.29, 0.717) is 0 Å². The Balaban J connectivity index is 2.55. The topological polar surface area (TPSA) is 90.3 Å². The molecule has 1 N–H and O–H groups in total. The first kappa shape index (κ1) is 20.6. The molecule has 0 unspecified atom stereocenters. The second-order valence-electron chi connectivity index (χ2n) is 6.33. The summed E-state index contributed by atoms with van der Waals surface area (Å²) in [6.45, 7) is 4.93. The highest BCUT2D eigenvalue weighted by Crippen LogP contribution is 2.21. The molecule has 1 heterocycles. The lowest BCUT2D eigenvalue weighted by Crippen LogP contribution is -2.34. The number of alkyl halides is 1. The van der Waals surface area contributed by atoms with Gasteiger partial charge < -0.3 is 10.1 Å². The van der Waals surface area contributed by atoms with E-state index in [0.717, 1.165) is 22.9 Å². The van der Waals surface area contributed by atoms with E-state index in [1.807, 2.05) is 0 Å². The Morgan fingerprint density at radius 1 is 1.30 bits per heavy atom. The standard InChI is InChI=1S/C18H19ClFN3O4/c1-4-27-16(25)15-13(21-17(26)18(2,3)10-19)9-14(24)23(22-15)12-7-5-11(20)6-8-12/h5-9H,4,10H2,1-3H3,(H,21,26). The zero-order chi connectivity index (χ0) is 20.2. The fourth-order valence-corrected chi connectivity index (χ4v) is 2.14. The molecule has 7 nitrogen and oxygen atoms in total. The smallest absolute Gasteiger partial charge is 0.360 e. The molecule has 0 bridgehead atoms. The van der Waals surface area contributed by atoms with Crippen LogP contribution in [-0.2, 0) is 9.53 Å². The van der Waals surface area contributed by atoms with Crippen LogP contribution in [0.2, 0.25) is 0 Å². The number of benzene rings is 1. The average Bonchev–Trinajstić information content (AvgIpc) is 2.63. The summed E-state index contributed by atoms with van der Waals surface area (Å²) in [5.74, 6) is -1.74. The molecule has 2 aromatic rings. The summed E-state index contributed by atoms with van der Waals surface area (Å²) in [6.07, 6.45) is 0. The average molecular weight is 396 g/mol. The van der Waals surface area contributed by atoms with Crippen LogP contribution in [0.1, 0.15) is 31.3 Å². The molecule has 0 spiro atoms. The Morgan fingerprint density at radius 3 is 2.48 bits per heavy atom. The Hall–Kier alpha value is -2.74. The number of halogens is 2. The van der Waals surface area contributed by atoms with Crippen LogP contribution in [0, 0.1) is 11.2 Å². The van der Waals surface area contributed by atoms with Crippen molar-refractivity contribution in [3.05, 3.63) is 52.2 Å². The van der Waals surface area contributed by atoms with Gasteiger partial charge in [0.05, 0.1) is 23.4 Å². The maximum atomic E-state index is 13.1. The summed E-state index contributed by atoms with van der Waals surface area (Å²) in [5.41, 5.74) is -1.63. The van der Waals surface area contributed by atoms with E-state index in [4.69, 9.17) is 16.3 Å². The van der Waals surface area contributed by atoms with Gasteiger partial charge >= 0.3 is 5.97 Å². The summed E-state index contributed by atoms with van der Waals surface area (Å²) in [4.78, 5) is 37.1. The molecule has 0 radical (unpaired) electrons. The summed E-state index contributed by atoms with van der Waals surface area (Å²) in [6, 6.07) is 6.06. The third kappa shape index (κ3) is 4.71. The molecule has 0 aliphatic carbocycles. The lowest BCUT2D eigenvalue weighted by Gasteiger charge is -2.21. The Kier molecular flexibility index (Phi) is 6.32. The number of amides is 1. The molecule has 0 aliphatic heterocycles. The maximum absolute atomic E-state index is 13.1. The lowest BCUT2D eigenvalue weighted by molar-refractivity contribution is -0.122. The van der Waals surface area contributed by atoms with Gasteiger partial charge in [-0.3, -0.25) is 9.59 Å². The van der Waals surface area contributed by atoms with E-state index in [1.54, 1.807) is 20.8 Å². The fraction of sp³-hybridized carbons (Fsp3) is 0.333. The van der Waals surface area contributed by atoms with E-state index in [2.05, 4.69) is 10.4 Å². The minimum absolute atomic E-state index is 0.0354. The molecule has 9 heteroatoms. The number of carbonyl (C=O) groups excluding carboxylic acids is 2. The van der Waals surface area contributed by atoms with Gasteiger partial charge in [-0.05, 0) is 45.0 Å². The second kappa shape index (κ2) is 8.30. The van der Waals surface area contributed by atoms with Gasteiger partial charge in [0.2, 0.25) is 5.91 Å². The maximum Gasteiger partial charge on any atom is 0.360 e. The largest absolute Gasteiger partial charge is 0.461 e. The Morgan fingerprint density at radius 2 is 1.93 bits per heavy atom. The van der Waals surface area contributed by atoms with Crippen molar-refractivity contribution in [2.75, 3.05) is 17.8 Å². The minimum Gasteiger partial charge on any atom is -0.461 e. The van der Waals surface area contributed by atoms with Gasteiger partial charge in [0, 0.05) is 11.9 Å². The number of aromatic nitrogens is 2. The van der Waals surface area contributed by atoms with Gasteiger partial charge in [-0.25, -0.2) is 9.18 Å². The number of hydrogen-bond acceptors (Lipinski definition) is 5. The number of carbonyl (C=O) groups is 2. The van der Waals surface area contributed by atoms with Crippen LogP contribution in [0.3, 0.4) is 0 Å². The summed E-state index contributed by atoms with van der Waals surface area (Å²) in [5, 5.41) is 6.52. The number of nitrogens with one attached hydrogen (secondary N) is 1. The number of nitrogens with zero attached hydrogens (tertiary/aromatic N) is 2. The van der Waals surface area contributed by atoms with Gasteiger partial charge in [0.15, 0.2) is 5.69 Å². The predicted molar refractivity (Wildman–Crippen MR) is 98.9 cm³/mol. The Labute approximate surface area is 160 Å². The van der Waals surface area contributed by atoms with E-state index in [-0.39, 0.29) is 29.6 Å². The van der Waals surface area contributed by atoms with Crippen LogP contribution < -0.4 is 10.9 Å². The normalized spacial score (nSPS) is 11.1. The minimum atomic E-state index is -0.931. The van der Waals surface area contributed by atoms with Crippen molar-refractivity contribution in [1.82, 2.24) is 9.78 Å². The van der Waals surface area contributed by atoms with Gasteiger partial charge in [-0.15, -0.1) is 11.6 Å². The third-order valence-corrected chi connectivity index (χ3v) is 4.34. The van der Waals surface area contributed by atoms with Crippen LogP contribution in [0.4, 0.5) is 10.1 Å². The highest BCUT2D eigenvalue weighted by Gasteiger charge is 2.29. The van der Waals surface area contributed by atoms with E-state index >= 15 is 0 Å². The molecular formula is C18H19ClFN3O4. The lowest BCUT2D eigenvalue weighted by atomic mass is 9.95. The van der Waals surface area contributed by atoms with E-state index < -0.39 is 28.7 Å². The van der Waals surface area contributed by atoms with Gasteiger partial charge in [0.25, 0.3) is 5.56 Å². The van der Waals surface area contributed by atoms with Crippen LogP contribution in [0.5, 0.6) is 0 Å². The van der Waals surface area contributed by atoms with Crippen LogP contribution in [0.15, 0.2) is 35.1 Å². The molecule has 0 aliphatic rings. The molecular weight excluding hydrogens is 377 g/mol. The molecule has 0 saturated carbocycles. The van der Waals surface area contributed by atoms with Crippen LogP contribution in [0.25, 0.3) is 5.69 Å². The zero-order valence-corrected chi connectivity index (χ0v) is 15.8. The van der Waals surface area contributed by atoms with Crippen LogP contribution >= 0.6 is 11.6 Å². The monoisotopic (exact) mass is 395 g/mol. The molecule has 1 amide bonds. The molecule has 27 heavy (non-hydrogen) atoms. The van der Waals surface area contributed by atoms with E-state index in [1.165, 1.54) is 12.1 Å². The second-order valence-corrected chi connectivity index (χ2v) is 6.59. The van der Waals surface area contributed by atoms with Crippen molar-refractivity contribution < 1.29 is 18.7 Å². The predicted octanol–water partition coefficient (Wildman–Crippen LogP) is 2.75. The van der Waals surface area contributed by atoms with Gasteiger partial charge in [-0.1, -0.05) is 0 Å². The zero-order valence-electron chi connectivity index (χ0n) is 15.1. The van der Waals surface area contributed by atoms with Gasteiger partial charge in [0.1, 0.15) is 5.82 Å². The number of ether oxygens (including phenoxy) is 1. The SMILES string of the molecule is CCOC(=O)c1nn(-c2ccc(F)cc2)c(=O)cc1NC(=O)C(C)(C)CCl. The third-order valence-electron chi connectivity index (χ3n) is 3.67. The highest BCUT2D eigenvalue weighted by atomic mass is 35.5. The molecule has 2 rings (SSSR count).